The van der Waals surface area contributed by atoms with Crippen molar-refractivity contribution in [1.82, 2.24) is 9.79 Å². The van der Waals surface area contributed by atoms with Crippen molar-refractivity contribution >= 4 is 10.0 Å². The van der Waals surface area contributed by atoms with Crippen molar-refractivity contribution in [2.45, 2.75) is 29.9 Å². The minimum absolute atomic E-state index is 0.193. The first-order valence-corrected chi connectivity index (χ1v) is 9.60. The Kier molecular flexibility index (Phi) is 3.92. The molecule has 2 aromatic carbocycles. The molecule has 2 aliphatic rings. The first-order valence-electron chi connectivity index (χ1n) is 8.06. The minimum atomic E-state index is -3.44. The summed E-state index contributed by atoms with van der Waals surface area (Å²) in [6.07, 6.45) is 0.177. The molecule has 24 heavy (non-hydrogen) atoms. The van der Waals surface area contributed by atoms with Crippen LogP contribution < -0.4 is 4.72 Å². The Bertz CT molecular complexity index is 811. The van der Waals surface area contributed by atoms with Gasteiger partial charge in [0.1, 0.15) is 11.4 Å². The van der Waals surface area contributed by atoms with Crippen LogP contribution >= 0.6 is 0 Å². The van der Waals surface area contributed by atoms with Crippen LogP contribution in [0.25, 0.3) is 0 Å². The highest BCUT2D eigenvalue weighted by atomic mass is 32.2. The van der Waals surface area contributed by atoms with Crippen LogP contribution in [0.4, 0.5) is 0 Å². The number of nitrogens with zero attached hydrogens (tertiary/aromatic N) is 1. The fourth-order valence-electron chi connectivity index (χ4n) is 3.81. The Morgan fingerprint density at radius 2 is 1.67 bits per heavy atom. The Balaban J connectivity index is 1.66. The van der Waals surface area contributed by atoms with Crippen molar-refractivity contribution in [2.75, 3.05) is 7.05 Å². The maximum absolute atomic E-state index is 12.8. The summed E-state index contributed by atoms with van der Waals surface area (Å²) in [5, 5.41) is 1.12. The van der Waals surface area contributed by atoms with Crippen LogP contribution in [0.2, 0.25) is 0 Å². The van der Waals surface area contributed by atoms with E-state index in [1.807, 2.05) is 67.7 Å². The van der Waals surface area contributed by atoms with Crippen molar-refractivity contribution < 1.29 is 13.3 Å². The largest absolute Gasteiger partial charge is 0.289 e. The lowest BCUT2D eigenvalue weighted by Crippen LogP contribution is -2.41. The van der Waals surface area contributed by atoms with Crippen LogP contribution in [0.15, 0.2) is 60.7 Å². The predicted octanol–water partition coefficient (Wildman–Crippen LogP) is 1.89. The highest BCUT2D eigenvalue weighted by molar-refractivity contribution is 7.90. The number of rotatable bonds is 3. The summed E-state index contributed by atoms with van der Waals surface area (Å²) in [7, 11) is -1.62. The van der Waals surface area contributed by atoms with Crippen LogP contribution in [-0.4, -0.2) is 37.9 Å². The zero-order valence-corrected chi connectivity index (χ0v) is 14.2. The van der Waals surface area contributed by atoms with Gasteiger partial charge < -0.3 is 0 Å². The lowest BCUT2D eigenvalue weighted by atomic mass is 9.94. The first kappa shape index (κ1) is 15.8. The quantitative estimate of drug-likeness (QED) is 0.924. The summed E-state index contributed by atoms with van der Waals surface area (Å²) in [5.74, 6) is 0. The molecule has 0 aliphatic carbocycles. The van der Waals surface area contributed by atoms with Gasteiger partial charge in [0, 0.05) is 13.1 Å². The van der Waals surface area contributed by atoms with Gasteiger partial charge in [-0.1, -0.05) is 60.7 Å². The summed E-state index contributed by atoms with van der Waals surface area (Å²) in [6, 6.07) is 19.1. The van der Waals surface area contributed by atoms with Crippen molar-refractivity contribution in [3.05, 3.63) is 71.8 Å². The molecule has 2 saturated heterocycles. The van der Waals surface area contributed by atoms with Crippen molar-refractivity contribution in [2.24, 2.45) is 0 Å². The molecule has 0 amide bonds. The van der Waals surface area contributed by atoms with Gasteiger partial charge in [0.15, 0.2) is 0 Å². The summed E-state index contributed by atoms with van der Waals surface area (Å²) < 4.78 is 28.4. The number of hydrogen-bond donors (Lipinski definition) is 1. The Morgan fingerprint density at radius 3 is 2.33 bits per heavy atom. The van der Waals surface area contributed by atoms with Gasteiger partial charge in [0.05, 0.1) is 6.04 Å². The van der Waals surface area contributed by atoms with E-state index in [4.69, 9.17) is 4.84 Å². The van der Waals surface area contributed by atoms with Gasteiger partial charge >= 0.3 is 0 Å². The third-order valence-corrected chi connectivity index (χ3v) is 6.72. The maximum atomic E-state index is 12.8. The molecule has 0 aromatic heterocycles. The number of hydroxylamine groups is 2. The molecule has 0 unspecified atom stereocenters. The van der Waals surface area contributed by atoms with Crippen molar-refractivity contribution in [1.29, 1.82) is 0 Å². The molecule has 2 aliphatic heterocycles. The molecule has 4 atom stereocenters. The molecule has 4 rings (SSSR count). The maximum Gasteiger partial charge on any atom is 0.219 e. The van der Waals surface area contributed by atoms with Crippen LogP contribution in [-0.2, 0) is 21.3 Å². The summed E-state index contributed by atoms with van der Waals surface area (Å²) in [4.78, 5) is 5.93. The zero-order chi connectivity index (χ0) is 16.7. The van der Waals surface area contributed by atoms with Gasteiger partial charge in [0.2, 0.25) is 10.0 Å². The van der Waals surface area contributed by atoms with Crippen molar-refractivity contribution in [3.8, 4) is 0 Å². The van der Waals surface area contributed by atoms with Crippen LogP contribution in [0.5, 0.6) is 0 Å². The lowest BCUT2D eigenvalue weighted by Gasteiger charge is -2.22. The van der Waals surface area contributed by atoms with E-state index in [0.29, 0.717) is 6.42 Å². The SMILES string of the molecule is CN1O[C@@H](c2ccccc2)[C@H]2[C@@H]1[C@H](Cc1ccccc1)NS2(=O)=O. The normalized spacial score (nSPS) is 31.9. The van der Waals surface area contributed by atoms with Crippen LogP contribution in [0, 0.1) is 0 Å². The van der Waals surface area contributed by atoms with E-state index in [0.717, 1.165) is 11.1 Å². The van der Waals surface area contributed by atoms with Gasteiger partial charge in [-0.05, 0) is 17.5 Å². The molecule has 2 fully saturated rings. The van der Waals surface area contributed by atoms with E-state index in [1.54, 1.807) is 5.06 Å². The summed E-state index contributed by atoms with van der Waals surface area (Å²) in [6.45, 7) is 0. The van der Waals surface area contributed by atoms with E-state index in [-0.39, 0.29) is 12.1 Å². The number of nitrogens with one attached hydrogen (secondary N) is 1. The fourth-order valence-corrected chi connectivity index (χ4v) is 5.87. The Labute approximate surface area is 142 Å². The topological polar surface area (TPSA) is 58.6 Å². The van der Waals surface area contributed by atoms with Crippen LogP contribution in [0.1, 0.15) is 17.2 Å². The molecule has 0 radical (unpaired) electrons. The molecule has 5 nitrogen and oxygen atoms in total. The molecular formula is C18H20N2O3S. The Hall–Kier alpha value is -1.73. The zero-order valence-electron chi connectivity index (χ0n) is 13.4. The number of hydrogen-bond acceptors (Lipinski definition) is 4. The average molecular weight is 344 g/mol. The van der Waals surface area contributed by atoms with E-state index in [1.165, 1.54) is 0 Å². The van der Waals surface area contributed by atoms with Crippen molar-refractivity contribution in [3.63, 3.8) is 0 Å². The molecule has 6 heteroatoms. The third-order valence-electron chi connectivity index (χ3n) is 4.85. The number of benzene rings is 2. The van der Waals surface area contributed by atoms with E-state index in [9.17, 15) is 8.42 Å². The van der Waals surface area contributed by atoms with E-state index >= 15 is 0 Å². The number of sulfonamides is 1. The van der Waals surface area contributed by atoms with Gasteiger partial charge in [0.25, 0.3) is 0 Å². The number of likely N-dealkylation sites (N-methyl/N-ethyl adjacent to an activating group) is 1. The molecule has 0 bridgehead atoms. The molecule has 2 aromatic rings. The predicted molar refractivity (Wildman–Crippen MR) is 91.6 cm³/mol. The number of fused-ring (bicyclic) bond motifs is 1. The first-order chi connectivity index (χ1) is 11.6. The molecule has 0 saturated carbocycles. The minimum Gasteiger partial charge on any atom is -0.289 e. The van der Waals surface area contributed by atoms with Gasteiger partial charge in [-0.25, -0.2) is 13.1 Å². The fraction of sp³-hybridized carbons (Fsp3) is 0.333. The second-order valence-corrected chi connectivity index (χ2v) is 8.27. The summed E-state index contributed by atoms with van der Waals surface area (Å²) in [5.41, 5.74) is 2.00. The summed E-state index contributed by atoms with van der Waals surface area (Å²) >= 11 is 0. The third kappa shape index (κ3) is 2.65. The molecule has 1 N–H and O–H groups in total. The lowest BCUT2D eigenvalue weighted by molar-refractivity contribution is -0.148. The highest BCUT2D eigenvalue weighted by Crippen LogP contribution is 2.42. The molecule has 2 heterocycles. The van der Waals surface area contributed by atoms with Gasteiger partial charge in [-0.3, -0.25) is 4.84 Å². The molecule has 126 valence electrons. The molecular weight excluding hydrogens is 324 g/mol. The van der Waals surface area contributed by atoms with Gasteiger partial charge in [-0.2, -0.15) is 5.06 Å². The van der Waals surface area contributed by atoms with Crippen LogP contribution in [0.3, 0.4) is 0 Å². The second-order valence-electron chi connectivity index (χ2n) is 6.40. The second kappa shape index (κ2) is 5.97. The average Bonchev–Trinajstić information content (AvgIpc) is 3.06. The van der Waals surface area contributed by atoms with E-state index < -0.39 is 21.4 Å². The highest BCUT2D eigenvalue weighted by Gasteiger charge is 2.58. The monoisotopic (exact) mass is 344 g/mol. The smallest absolute Gasteiger partial charge is 0.219 e. The standard InChI is InChI=1S/C18H20N2O3S/c1-20-16-15(12-13-8-4-2-5-9-13)19-24(21,22)18(16)17(23-20)14-10-6-3-7-11-14/h2-11,15-19H,12H2,1H3/t15-,16-,17-,18+/m0/s1. The van der Waals surface area contributed by atoms with Gasteiger partial charge in [-0.15, -0.1) is 0 Å². The molecule has 0 spiro atoms. The Morgan fingerprint density at radius 1 is 1.04 bits per heavy atom. The van der Waals surface area contributed by atoms with E-state index in [2.05, 4.69) is 4.72 Å².